The van der Waals surface area contributed by atoms with E-state index in [-0.39, 0.29) is 21.9 Å². The van der Waals surface area contributed by atoms with Crippen LogP contribution in [0, 0.1) is 13.8 Å². The number of aromatic carboxylic acids is 1. The van der Waals surface area contributed by atoms with Crippen LogP contribution in [-0.4, -0.2) is 24.6 Å². The molecule has 0 aliphatic carbocycles. The Kier molecular flexibility index (Phi) is 3.93. The fourth-order valence-corrected chi connectivity index (χ4v) is 4.51. The molecule has 1 aromatic carbocycles. The topological polar surface area (TPSA) is 104 Å². The lowest BCUT2D eigenvalue weighted by Gasteiger charge is -2.10. The average molecular weight is 327 g/mol. The van der Waals surface area contributed by atoms with E-state index < -0.39 is 16.0 Å². The number of sulfonamides is 1. The van der Waals surface area contributed by atoms with Crippen molar-refractivity contribution in [1.82, 2.24) is 0 Å². The highest BCUT2D eigenvalue weighted by atomic mass is 32.2. The van der Waals surface area contributed by atoms with Gasteiger partial charge in [0.05, 0.1) is 11.3 Å². The van der Waals surface area contributed by atoms with Gasteiger partial charge < -0.3 is 10.2 Å². The molecule has 2 rings (SSSR count). The molecule has 0 saturated carbocycles. The van der Waals surface area contributed by atoms with Crippen molar-refractivity contribution in [3.8, 4) is 5.75 Å². The smallest absolute Gasteiger partial charge is 0.337 e. The maximum Gasteiger partial charge on any atom is 0.337 e. The van der Waals surface area contributed by atoms with E-state index >= 15 is 0 Å². The Bertz CT molecular complexity index is 808. The molecule has 6 nitrogen and oxygen atoms in total. The Balaban J connectivity index is 2.47. The summed E-state index contributed by atoms with van der Waals surface area (Å²) in [5.41, 5.74) is -0.410. The zero-order chi connectivity index (χ0) is 15.8. The van der Waals surface area contributed by atoms with Crippen LogP contribution < -0.4 is 4.72 Å². The Morgan fingerprint density at radius 2 is 1.90 bits per heavy atom. The highest BCUT2D eigenvalue weighted by Crippen LogP contribution is 2.29. The van der Waals surface area contributed by atoms with Crippen LogP contribution in [-0.2, 0) is 10.0 Å². The summed E-state index contributed by atoms with van der Waals surface area (Å²) in [5, 5.41) is 18.4. The minimum atomic E-state index is -3.88. The second-order valence-electron chi connectivity index (χ2n) is 4.42. The van der Waals surface area contributed by atoms with Crippen LogP contribution in [0.2, 0.25) is 0 Å². The highest BCUT2D eigenvalue weighted by Gasteiger charge is 2.22. The van der Waals surface area contributed by atoms with Gasteiger partial charge in [-0.25, -0.2) is 13.2 Å². The van der Waals surface area contributed by atoms with E-state index in [9.17, 15) is 18.3 Å². The highest BCUT2D eigenvalue weighted by molar-refractivity contribution is 7.93. The Morgan fingerprint density at radius 3 is 2.43 bits per heavy atom. The summed E-state index contributed by atoms with van der Waals surface area (Å²) in [6.45, 7) is 3.47. The number of aryl methyl sites for hydroxylation is 2. The largest absolute Gasteiger partial charge is 0.508 e. The SMILES string of the molecule is Cc1cc(S(=O)(=O)Nc2ccc(O)cc2C(=O)O)c(C)s1. The minimum Gasteiger partial charge on any atom is -0.508 e. The number of rotatable bonds is 4. The monoisotopic (exact) mass is 327 g/mol. The predicted molar refractivity (Wildman–Crippen MR) is 79.7 cm³/mol. The molecule has 2 aromatic rings. The summed E-state index contributed by atoms with van der Waals surface area (Å²) in [7, 11) is -3.88. The van der Waals surface area contributed by atoms with E-state index in [0.717, 1.165) is 10.9 Å². The van der Waals surface area contributed by atoms with Crippen LogP contribution in [0.4, 0.5) is 5.69 Å². The third kappa shape index (κ3) is 3.17. The normalized spacial score (nSPS) is 11.3. The molecular weight excluding hydrogens is 314 g/mol. The van der Waals surface area contributed by atoms with Crippen LogP contribution in [0.25, 0.3) is 0 Å². The van der Waals surface area contributed by atoms with Gasteiger partial charge in [0.1, 0.15) is 10.6 Å². The molecule has 0 aliphatic heterocycles. The standard InChI is InChI=1S/C13H13NO5S2/c1-7-5-12(8(2)20-7)21(18,19)14-11-4-3-9(15)6-10(11)13(16)17/h3-6,14-15H,1-2H3,(H,16,17). The number of hydrogen-bond acceptors (Lipinski definition) is 5. The molecule has 0 aliphatic rings. The van der Waals surface area contributed by atoms with Crippen LogP contribution in [0.3, 0.4) is 0 Å². The van der Waals surface area contributed by atoms with Crippen molar-refractivity contribution in [3.63, 3.8) is 0 Å². The van der Waals surface area contributed by atoms with Crippen molar-refractivity contribution >= 4 is 33.0 Å². The van der Waals surface area contributed by atoms with Gasteiger partial charge in [0.2, 0.25) is 0 Å². The van der Waals surface area contributed by atoms with Crippen molar-refractivity contribution in [2.24, 2.45) is 0 Å². The molecule has 21 heavy (non-hydrogen) atoms. The van der Waals surface area contributed by atoms with E-state index in [4.69, 9.17) is 5.11 Å². The molecule has 0 unspecified atom stereocenters. The third-order valence-electron chi connectivity index (χ3n) is 2.76. The summed E-state index contributed by atoms with van der Waals surface area (Å²) in [5.74, 6) is -1.58. The second kappa shape index (κ2) is 5.38. The summed E-state index contributed by atoms with van der Waals surface area (Å²) >= 11 is 1.34. The van der Waals surface area contributed by atoms with E-state index in [1.165, 1.54) is 29.5 Å². The summed E-state index contributed by atoms with van der Waals surface area (Å²) in [6, 6.07) is 4.95. The van der Waals surface area contributed by atoms with Crippen LogP contribution in [0.5, 0.6) is 5.75 Å². The van der Waals surface area contributed by atoms with Crippen LogP contribution >= 0.6 is 11.3 Å². The number of carbonyl (C=O) groups is 1. The fraction of sp³-hybridized carbons (Fsp3) is 0.154. The molecule has 0 fully saturated rings. The van der Waals surface area contributed by atoms with Gasteiger partial charge in [-0.1, -0.05) is 0 Å². The number of benzene rings is 1. The summed E-state index contributed by atoms with van der Waals surface area (Å²) < 4.78 is 26.9. The molecule has 0 amide bonds. The quantitative estimate of drug-likeness (QED) is 0.749. The maximum atomic E-state index is 12.3. The number of thiophene rings is 1. The first-order valence-corrected chi connectivity index (χ1v) is 8.17. The lowest BCUT2D eigenvalue weighted by atomic mass is 10.2. The van der Waals surface area contributed by atoms with E-state index in [1.54, 1.807) is 13.8 Å². The minimum absolute atomic E-state index is 0.0939. The first-order chi connectivity index (χ1) is 9.70. The van der Waals surface area contributed by atoms with Gasteiger partial charge >= 0.3 is 5.97 Å². The fourth-order valence-electron chi connectivity index (χ4n) is 1.87. The van der Waals surface area contributed by atoms with Crippen molar-refractivity contribution in [3.05, 3.63) is 39.6 Å². The molecule has 0 radical (unpaired) electrons. The number of phenols is 1. The molecule has 1 aromatic heterocycles. The van der Waals surface area contributed by atoms with Gasteiger partial charge in [-0.2, -0.15) is 0 Å². The second-order valence-corrected chi connectivity index (χ2v) is 7.53. The number of hydrogen-bond donors (Lipinski definition) is 3. The van der Waals surface area contributed by atoms with Crippen molar-refractivity contribution in [2.45, 2.75) is 18.7 Å². The average Bonchev–Trinajstić information content (AvgIpc) is 2.71. The molecule has 3 N–H and O–H groups in total. The van der Waals surface area contributed by atoms with Crippen molar-refractivity contribution in [1.29, 1.82) is 0 Å². The number of phenolic OH excluding ortho intramolecular Hbond substituents is 1. The molecular formula is C13H13NO5S2. The Hall–Kier alpha value is -2.06. The van der Waals surface area contributed by atoms with E-state index in [2.05, 4.69) is 4.72 Å². The Morgan fingerprint density at radius 1 is 1.24 bits per heavy atom. The maximum absolute atomic E-state index is 12.3. The van der Waals surface area contributed by atoms with Gasteiger partial charge in [0.15, 0.2) is 0 Å². The zero-order valence-electron chi connectivity index (χ0n) is 11.2. The van der Waals surface area contributed by atoms with Gasteiger partial charge in [0.25, 0.3) is 10.0 Å². The predicted octanol–water partition coefficient (Wildman–Crippen LogP) is 2.57. The van der Waals surface area contributed by atoms with Gasteiger partial charge in [-0.3, -0.25) is 4.72 Å². The lowest BCUT2D eigenvalue weighted by Crippen LogP contribution is -2.15. The molecule has 1 heterocycles. The van der Waals surface area contributed by atoms with Gasteiger partial charge in [-0.15, -0.1) is 11.3 Å². The van der Waals surface area contributed by atoms with E-state index in [1.807, 2.05) is 0 Å². The number of aromatic hydroxyl groups is 1. The first-order valence-electron chi connectivity index (χ1n) is 5.87. The molecule has 0 atom stereocenters. The lowest BCUT2D eigenvalue weighted by molar-refractivity contribution is 0.0697. The third-order valence-corrected chi connectivity index (χ3v) is 5.35. The van der Waals surface area contributed by atoms with Crippen molar-refractivity contribution in [2.75, 3.05) is 4.72 Å². The van der Waals surface area contributed by atoms with Gasteiger partial charge in [-0.05, 0) is 38.1 Å². The number of carboxylic acids is 1. The zero-order valence-corrected chi connectivity index (χ0v) is 12.9. The molecule has 8 heteroatoms. The number of nitrogens with one attached hydrogen (secondary N) is 1. The molecule has 0 saturated heterocycles. The summed E-state index contributed by atoms with van der Waals surface area (Å²) in [6.07, 6.45) is 0. The molecule has 0 spiro atoms. The van der Waals surface area contributed by atoms with Crippen LogP contribution in [0.1, 0.15) is 20.1 Å². The summed E-state index contributed by atoms with van der Waals surface area (Å²) in [4.78, 5) is 12.7. The Labute approximate surface area is 125 Å². The van der Waals surface area contributed by atoms with E-state index in [0.29, 0.717) is 4.88 Å². The molecule has 0 bridgehead atoms. The molecule has 112 valence electrons. The van der Waals surface area contributed by atoms with Gasteiger partial charge in [0, 0.05) is 9.75 Å². The number of anilines is 1. The van der Waals surface area contributed by atoms with Crippen molar-refractivity contribution < 1.29 is 23.4 Å². The number of carboxylic acid groups (broad SMARTS) is 1. The van der Waals surface area contributed by atoms with Crippen LogP contribution in [0.15, 0.2) is 29.2 Å². The first kappa shape index (κ1) is 15.3.